The number of rotatable bonds is 2. The van der Waals surface area contributed by atoms with Crippen molar-refractivity contribution in [3.05, 3.63) is 29.1 Å². The zero-order chi connectivity index (χ0) is 9.14. The number of hydrogen-bond donors (Lipinski definition) is 0. The van der Waals surface area contributed by atoms with E-state index in [1.807, 2.05) is 0 Å². The second-order valence-electron chi connectivity index (χ2n) is 2.62. The smallest absolute Gasteiger partial charge is 0.228 e. The number of hydrogen-bond acceptors (Lipinski definition) is 1. The predicted octanol–water partition coefficient (Wildman–Crippen LogP) is 2.75. The van der Waals surface area contributed by atoms with Crippen LogP contribution in [0.5, 0.6) is 5.75 Å². The number of aryl methyl sites for hydroxylation is 1. The average Bonchev–Trinajstić information content (AvgIpc) is 2.00. The SMILES string of the molecule is Cc1cc(F)c(C)c(OCF)c1. The summed E-state index contributed by atoms with van der Waals surface area (Å²) in [5, 5.41) is 0. The third-order valence-corrected chi connectivity index (χ3v) is 1.65. The summed E-state index contributed by atoms with van der Waals surface area (Å²) in [6, 6.07) is 3.00. The van der Waals surface area contributed by atoms with Gasteiger partial charge in [0.05, 0.1) is 0 Å². The quantitative estimate of drug-likeness (QED) is 0.666. The van der Waals surface area contributed by atoms with Crippen molar-refractivity contribution in [1.82, 2.24) is 0 Å². The predicted molar refractivity (Wildman–Crippen MR) is 42.5 cm³/mol. The first-order chi connectivity index (χ1) is 5.65. The Hall–Kier alpha value is -1.12. The molecule has 0 bridgehead atoms. The topological polar surface area (TPSA) is 9.23 Å². The zero-order valence-corrected chi connectivity index (χ0v) is 7.03. The van der Waals surface area contributed by atoms with Gasteiger partial charge in [-0.2, -0.15) is 0 Å². The fourth-order valence-corrected chi connectivity index (χ4v) is 0.991. The van der Waals surface area contributed by atoms with E-state index in [2.05, 4.69) is 4.74 Å². The number of ether oxygens (including phenoxy) is 1. The lowest BCUT2D eigenvalue weighted by atomic mass is 10.1. The van der Waals surface area contributed by atoms with E-state index in [0.717, 1.165) is 5.56 Å². The Kier molecular flexibility index (Phi) is 2.63. The van der Waals surface area contributed by atoms with Crippen molar-refractivity contribution in [2.45, 2.75) is 13.8 Å². The molecule has 1 aromatic rings. The van der Waals surface area contributed by atoms with Crippen LogP contribution in [0, 0.1) is 19.7 Å². The fraction of sp³-hybridized carbons (Fsp3) is 0.333. The lowest BCUT2D eigenvalue weighted by molar-refractivity contribution is 0.189. The summed E-state index contributed by atoms with van der Waals surface area (Å²) in [4.78, 5) is 0. The Morgan fingerprint density at radius 1 is 1.33 bits per heavy atom. The molecule has 0 aliphatic carbocycles. The molecule has 0 heterocycles. The van der Waals surface area contributed by atoms with Gasteiger partial charge in [-0.05, 0) is 31.5 Å². The molecule has 12 heavy (non-hydrogen) atoms. The van der Waals surface area contributed by atoms with Crippen LogP contribution in [-0.4, -0.2) is 6.86 Å². The van der Waals surface area contributed by atoms with Crippen molar-refractivity contribution in [1.29, 1.82) is 0 Å². The molecule has 0 radical (unpaired) electrons. The van der Waals surface area contributed by atoms with Crippen LogP contribution in [0.25, 0.3) is 0 Å². The van der Waals surface area contributed by atoms with Gasteiger partial charge >= 0.3 is 0 Å². The molecule has 0 N–H and O–H groups in total. The second-order valence-corrected chi connectivity index (χ2v) is 2.62. The molecular weight excluding hydrogens is 162 g/mol. The molecule has 0 fully saturated rings. The minimum Gasteiger partial charge on any atom is -0.463 e. The van der Waals surface area contributed by atoms with E-state index in [4.69, 9.17) is 0 Å². The van der Waals surface area contributed by atoms with Gasteiger partial charge in [-0.15, -0.1) is 0 Å². The van der Waals surface area contributed by atoms with Crippen molar-refractivity contribution in [2.75, 3.05) is 6.86 Å². The first-order valence-electron chi connectivity index (χ1n) is 3.60. The van der Waals surface area contributed by atoms with Crippen molar-refractivity contribution in [3.8, 4) is 5.75 Å². The maximum absolute atomic E-state index is 13.0. The van der Waals surface area contributed by atoms with Gasteiger partial charge in [-0.25, -0.2) is 8.78 Å². The van der Waals surface area contributed by atoms with E-state index >= 15 is 0 Å². The maximum atomic E-state index is 13.0. The van der Waals surface area contributed by atoms with Crippen molar-refractivity contribution >= 4 is 0 Å². The molecule has 3 heteroatoms. The number of halogens is 2. The monoisotopic (exact) mass is 172 g/mol. The standard InChI is InChI=1S/C9H10F2O/c1-6-3-8(11)7(2)9(4-6)12-5-10/h3-4H,5H2,1-2H3. The van der Waals surface area contributed by atoms with Crippen LogP contribution in [0.3, 0.4) is 0 Å². The van der Waals surface area contributed by atoms with E-state index in [0.29, 0.717) is 5.56 Å². The Morgan fingerprint density at radius 2 is 2.00 bits per heavy atom. The van der Waals surface area contributed by atoms with Gasteiger partial charge in [0.1, 0.15) is 11.6 Å². The third-order valence-electron chi connectivity index (χ3n) is 1.65. The first-order valence-corrected chi connectivity index (χ1v) is 3.60. The van der Waals surface area contributed by atoms with Crippen LogP contribution < -0.4 is 4.74 Å². The highest BCUT2D eigenvalue weighted by molar-refractivity contribution is 5.37. The molecular formula is C9H10F2O. The highest BCUT2D eigenvalue weighted by Crippen LogP contribution is 2.22. The minimum absolute atomic E-state index is 0.273. The van der Waals surface area contributed by atoms with Gasteiger partial charge in [-0.3, -0.25) is 0 Å². The van der Waals surface area contributed by atoms with Crippen LogP contribution in [0.2, 0.25) is 0 Å². The van der Waals surface area contributed by atoms with Crippen molar-refractivity contribution in [2.24, 2.45) is 0 Å². The van der Waals surface area contributed by atoms with Gasteiger partial charge in [-0.1, -0.05) is 0 Å². The molecule has 0 saturated heterocycles. The largest absolute Gasteiger partial charge is 0.463 e. The summed E-state index contributed by atoms with van der Waals surface area (Å²) in [5.41, 5.74) is 1.07. The number of alkyl halides is 1. The Morgan fingerprint density at radius 3 is 2.58 bits per heavy atom. The Labute approximate surface area is 70.0 Å². The van der Waals surface area contributed by atoms with E-state index < -0.39 is 6.86 Å². The van der Waals surface area contributed by atoms with Gasteiger partial charge < -0.3 is 4.74 Å². The lowest BCUT2D eigenvalue weighted by Gasteiger charge is -2.06. The highest BCUT2D eigenvalue weighted by atomic mass is 19.1. The van der Waals surface area contributed by atoms with Crippen LogP contribution >= 0.6 is 0 Å². The van der Waals surface area contributed by atoms with Crippen LogP contribution in [0.1, 0.15) is 11.1 Å². The van der Waals surface area contributed by atoms with E-state index in [9.17, 15) is 8.78 Å². The van der Waals surface area contributed by atoms with Gasteiger partial charge in [0.25, 0.3) is 0 Å². The molecule has 0 aromatic heterocycles. The van der Waals surface area contributed by atoms with Gasteiger partial charge in [0, 0.05) is 5.56 Å². The molecule has 0 aliphatic rings. The molecule has 1 aromatic carbocycles. The summed E-state index contributed by atoms with van der Waals surface area (Å²) < 4.78 is 29.3. The fourth-order valence-electron chi connectivity index (χ4n) is 0.991. The van der Waals surface area contributed by atoms with Crippen LogP contribution in [0.15, 0.2) is 12.1 Å². The van der Waals surface area contributed by atoms with E-state index in [-0.39, 0.29) is 11.6 Å². The molecule has 1 nitrogen and oxygen atoms in total. The van der Waals surface area contributed by atoms with Crippen molar-refractivity contribution in [3.63, 3.8) is 0 Å². The average molecular weight is 172 g/mol. The molecule has 0 aliphatic heterocycles. The van der Waals surface area contributed by atoms with Gasteiger partial charge in [0.15, 0.2) is 0 Å². The normalized spacial score (nSPS) is 10.0. The molecule has 1 rings (SSSR count). The van der Waals surface area contributed by atoms with E-state index in [1.165, 1.54) is 6.07 Å². The second kappa shape index (κ2) is 3.52. The summed E-state index contributed by atoms with van der Waals surface area (Å²) in [7, 11) is 0. The minimum atomic E-state index is -0.927. The number of benzene rings is 1. The first kappa shape index (κ1) is 8.97. The summed E-state index contributed by atoms with van der Waals surface area (Å²) in [6.07, 6.45) is 0. The molecule has 0 unspecified atom stereocenters. The molecule has 0 saturated carbocycles. The molecule has 0 atom stereocenters. The highest BCUT2D eigenvalue weighted by Gasteiger charge is 2.05. The summed E-state index contributed by atoms with van der Waals surface area (Å²) in [6.45, 7) is 2.36. The molecule has 0 amide bonds. The van der Waals surface area contributed by atoms with Gasteiger partial charge in [0.2, 0.25) is 6.86 Å². The summed E-state index contributed by atoms with van der Waals surface area (Å²) >= 11 is 0. The molecule has 66 valence electrons. The Bertz CT molecular complexity index is 284. The van der Waals surface area contributed by atoms with E-state index in [1.54, 1.807) is 19.9 Å². The maximum Gasteiger partial charge on any atom is 0.228 e. The van der Waals surface area contributed by atoms with Crippen molar-refractivity contribution < 1.29 is 13.5 Å². The summed E-state index contributed by atoms with van der Waals surface area (Å²) in [5.74, 6) is -0.0894. The zero-order valence-electron chi connectivity index (χ0n) is 7.03. The molecule has 0 spiro atoms. The Balaban J connectivity index is 3.09. The third kappa shape index (κ3) is 1.72. The van der Waals surface area contributed by atoms with Crippen LogP contribution in [0.4, 0.5) is 8.78 Å². The van der Waals surface area contributed by atoms with Crippen LogP contribution in [-0.2, 0) is 0 Å². The lowest BCUT2D eigenvalue weighted by Crippen LogP contribution is -1.95.